The Labute approximate surface area is 106 Å². The molecule has 0 amide bonds. The van der Waals surface area contributed by atoms with Gasteiger partial charge in [0.1, 0.15) is 0 Å². The lowest BCUT2D eigenvalue weighted by Gasteiger charge is -2.37. The maximum atomic E-state index is 3.83. The van der Waals surface area contributed by atoms with Gasteiger partial charge < -0.3 is 5.32 Å². The quantitative estimate of drug-likeness (QED) is 0.823. The molecule has 0 bridgehead atoms. The predicted octanol–water partition coefficient (Wildman–Crippen LogP) is 4.16. The van der Waals surface area contributed by atoms with Crippen LogP contribution in [0.3, 0.4) is 0 Å². The largest absolute Gasteiger partial charge is 0.307 e. The zero-order chi connectivity index (χ0) is 12.3. The second kappa shape index (κ2) is 5.68. The Morgan fingerprint density at radius 3 is 2.24 bits per heavy atom. The number of benzene rings is 1. The highest BCUT2D eigenvalue weighted by atomic mass is 15.0. The molecule has 0 spiro atoms. The van der Waals surface area contributed by atoms with E-state index in [0.717, 1.165) is 11.8 Å². The summed E-state index contributed by atoms with van der Waals surface area (Å²) in [6.07, 6.45) is 4.16. The molecule has 1 N–H and O–H groups in total. The van der Waals surface area contributed by atoms with Gasteiger partial charge in [0.25, 0.3) is 0 Å². The fourth-order valence-electron chi connectivity index (χ4n) is 3.14. The van der Waals surface area contributed by atoms with Crippen molar-refractivity contribution in [3.8, 4) is 0 Å². The Morgan fingerprint density at radius 1 is 1.06 bits per heavy atom. The van der Waals surface area contributed by atoms with E-state index in [2.05, 4.69) is 56.4 Å². The molecule has 1 aromatic rings. The van der Waals surface area contributed by atoms with Crippen LogP contribution in [0.2, 0.25) is 0 Å². The minimum absolute atomic E-state index is 0.462. The zero-order valence-corrected chi connectivity index (χ0v) is 11.3. The van der Waals surface area contributed by atoms with Crippen LogP contribution in [0, 0.1) is 11.8 Å². The molecule has 2 rings (SSSR count). The van der Waals surface area contributed by atoms with Crippen LogP contribution in [0.5, 0.6) is 0 Å². The van der Waals surface area contributed by atoms with Crippen molar-refractivity contribution in [2.75, 3.05) is 0 Å². The summed E-state index contributed by atoms with van der Waals surface area (Å²) in [4.78, 5) is 0. The number of nitrogens with one attached hydrogen (secondary N) is 1. The van der Waals surface area contributed by atoms with Gasteiger partial charge in [-0.2, -0.15) is 0 Å². The van der Waals surface area contributed by atoms with Gasteiger partial charge in [0.2, 0.25) is 0 Å². The third-order valence-corrected chi connectivity index (χ3v) is 4.29. The molecule has 1 aliphatic rings. The smallest absolute Gasteiger partial charge is 0.0294 e. The highest BCUT2D eigenvalue weighted by Gasteiger charge is 2.28. The van der Waals surface area contributed by atoms with E-state index >= 15 is 0 Å². The summed E-state index contributed by atoms with van der Waals surface area (Å²) in [5.74, 6) is 1.62. The van der Waals surface area contributed by atoms with E-state index < -0.39 is 0 Å². The molecule has 0 radical (unpaired) electrons. The molecule has 0 aromatic heterocycles. The normalized spacial score (nSPS) is 31.1. The molecular weight excluding hydrogens is 206 g/mol. The lowest BCUT2D eigenvalue weighted by molar-refractivity contribution is 0.196. The maximum Gasteiger partial charge on any atom is 0.0294 e. The van der Waals surface area contributed by atoms with E-state index in [4.69, 9.17) is 0 Å². The molecule has 1 nitrogen and oxygen atoms in total. The fraction of sp³-hybridized carbons (Fsp3) is 0.625. The van der Waals surface area contributed by atoms with Crippen molar-refractivity contribution in [2.45, 2.75) is 52.1 Å². The molecule has 1 saturated carbocycles. The fourth-order valence-corrected chi connectivity index (χ4v) is 3.14. The Bertz CT molecular complexity index is 323. The van der Waals surface area contributed by atoms with Gasteiger partial charge in [-0.15, -0.1) is 0 Å². The van der Waals surface area contributed by atoms with E-state index in [1.807, 2.05) is 0 Å². The topological polar surface area (TPSA) is 12.0 Å². The molecular formula is C16H25N. The van der Waals surface area contributed by atoms with E-state index in [9.17, 15) is 0 Å². The summed E-state index contributed by atoms with van der Waals surface area (Å²) in [6.45, 7) is 7.07. The van der Waals surface area contributed by atoms with E-state index in [1.54, 1.807) is 0 Å². The van der Waals surface area contributed by atoms with Crippen molar-refractivity contribution in [3.63, 3.8) is 0 Å². The second-order valence-electron chi connectivity index (χ2n) is 5.71. The second-order valence-corrected chi connectivity index (χ2v) is 5.71. The molecule has 3 atom stereocenters. The van der Waals surface area contributed by atoms with Crippen molar-refractivity contribution in [3.05, 3.63) is 35.9 Å². The minimum atomic E-state index is 0.462. The summed E-state index contributed by atoms with van der Waals surface area (Å²) in [5, 5.41) is 3.83. The third-order valence-electron chi connectivity index (χ3n) is 4.29. The van der Waals surface area contributed by atoms with Crippen LogP contribution in [0.4, 0.5) is 0 Å². The molecule has 94 valence electrons. The molecule has 0 saturated heterocycles. The van der Waals surface area contributed by atoms with Gasteiger partial charge >= 0.3 is 0 Å². The van der Waals surface area contributed by atoms with Crippen molar-refractivity contribution in [1.29, 1.82) is 0 Å². The van der Waals surface area contributed by atoms with Crippen molar-refractivity contribution >= 4 is 0 Å². The first-order valence-corrected chi connectivity index (χ1v) is 6.99. The van der Waals surface area contributed by atoms with Crippen molar-refractivity contribution in [1.82, 2.24) is 5.32 Å². The van der Waals surface area contributed by atoms with Crippen LogP contribution in [0.15, 0.2) is 30.3 Å². The Balaban J connectivity index is 2.00. The van der Waals surface area contributed by atoms with Gasteiger partial charge in [-0.25, -0.2) is 0 Å². The molecule has 1 fully saturated rings. The SMILES string of the molecule is CC1CCCC(C)C1N[C@H](C)c1ccccc1. The van der Waals surface area contributed by atoms with Crippen LogP contribution < -0.4 is 5.32 Å². The highest BCUT2D eigenvalue weighted by molar-refractivity contribution is 5.18. The predicted molar refractivity (Wildman–Crippen MR) is 74.0 cm³/mol. The first-order chi connectivity index (χ1) is 8.18. The van der Waals surface area contributed by atoms with Crippen LogP contribution in [0.25, 0.3) is 0 Å². The van der Waals surface area contributed by atoms with Crippen LogP contribution >= 0.6 is 0 Å². The van der Waals surface area contributed by atoms with Gasteiger partial charge in [-0.3, -0.25) is 0 Å². The first-order valence-electron chi connectivity index (χ1n) is 6.99. The minimum Gasteiger partial charge on any atom is -0.307 e. The van der Waals surface area contributed by atoms with Gasteiger partial charge in [-0.05, 0) is 37.2 Å². The standard InChI is InChI=1S/C16H25N/c1-12-8-7-9-13(2)16(12)17-14(3)15-10-5-4-6-11-15/h4-6,10-14,16-17H,7-9H2,1-3H3/t12?,13?,14-,16?/m1/s1. The van der Waals surface area contributed by atoms with E-state index in [-0.39, 0.29) is 0 Å². The maximum absolute atomic E-state index is 3.83. The Kier molecular flexibility index (Phi) is 4.22. The average Bonchev–Trinajstić information content (AvgIpc) is 2.35. The third kappa shape index (κ3) is 3.10. The summed E-state index contributed by atoms with van der Waals surface area (Å²) in [7, 11) is 0. The summed E-state index contributed by atoms with van der Waals surface area (Å²) in [6, 6.07) is 11.9. The van der Waals surface area contributed by atoms with Gasteiger partial charge in [0, 0.05) is 12.1 Å². The molecule has 17 heavy (non-hydrogen) atoms. The van der Waals surface area contributed by atoms with Crippen molar-refractivity contribution < 1.29 is 0 Å². The highest BCUT2D eigenvalue weighted by Crippen LogP contribution is 2.30. The number of hydrogen-bond donors (Lipinski definition) is 1. The lowest BCUT2D eigenvalue weighted by Crippen LogP contribution is -2.43. The molecule has 1 aliphatic carbocycles. The van der Waals surface area contributed by atoms with E-state index in [1.165, 1.54) is 24.8 Å². The number of rotatable bonds is 3. The lowest BCUT2D eigenvalue weighted by atomic mass is 9.78. The molecule has 1 aromatic carbocycles. The summed E-state index contributed by atoms with van der Waals surface area (Å²) in [5.41, 5.74) is 1.40. The van der Waals surface area contributed by atoms with Crippen molar-refractivity contribution in [2.24, 2.45) is 11.8 Å². The van der Waals surface area contributed by atoms with Gasteiger partial charge in [0.05, 0.1) is 0 Å². The molecule has 0 aliphatic heterocycles. The summed E-state index contributed by atoms with van der Waals surface area (Å²) >= 11 is 0. The van der Waals surface area contributed by atoms with Crippen LogP contribution in [-0.4, -0.2) is 6.04 Å². The Morgan fingerprint density at radius 2 is 1.65 bits per heavy atom. The monoisotopic (exact) mass is 231 g/mol. The van der Waals surface area contributed by atoms with Crippen LogP contribution in [0.1, 0.15) is 51.6 Å². The Hall–Kier alpha value is -0.820. The molecule has 1 heteroatoms. The van der Waals surface area contributed by atoms with Gasteiger partial charge in [0.15, 0.2) is 0 Å². The molecule has 2 unspecified atom stereocenters. The zero-order valence-electron chi connectivity index (χ0n) is 11.3. The summed E-state index contributed by atoms with van der Waals surface area (Å²) < 4.78 is 0. The van der Waals surface area contributed by atoms with Crippen LogP contribution in [-0.2, 0) is 0 Å². The molecule has 0 heterocycles. The van der Waals surface area contributed by atoms with Gasteiger partial charge in [-0.1, -0.05) is 50.6 Å². The first kappa shape index (κ1) is 12.6. The number of hydrogen-bond acceptors (Lipinski definition) is 1. The average molecular weight is 231 g/mol. The van der Waals surface area contributed by atoms with E-state index in [0.29, 0.717) is 12.1 Å².